The van der Waals surface area contributed by atoms with Crippen LogP contribution in [0.15, 0.2) is 0 Å². The molecule has 1 rings (SSSR count). The third-order valence-corrected chi connectivity index (χ3v) is 2.78. The molecule has 0 aromatic carbocycles. The standard InChI is InChI=1S/C6H13NS.ClH/c1-5-3-8-4-6(2)7-5;/h5-7H,3-4H2,1-2H3;1H/t5-,6-;/m1./s1. The molecule has 0 bridgehead atoms. The Bertz CT molecular complexity index is 71.5. The van der Waals surface area contributed by atoms with Crippen LogP contribution in [0.4, 0.5) is 0 Å². The Labute approximate surface area is 67.4 Å². The molecule has 1 saturated heterocycles. The molecule has 1 fully saturated rings. The molecule has 1 aliphatic rings. The topological polar surface area (TPSA) is 12.0 Å². The Morgan fingerprint density at radius 3 is 1.89 bits per heavy atom. The first-order valence-corrected chi connectivity index (χ1v) is 4.28. The van der Waals surface area contributed by atoms with Crippen LogP contribution in [0.25, 0.3) is 0 Å². The van der Waals surface area contributed by atoms with Crippen LogP contribution in [0.2, 0.25) is 0 Å². The maximum Gasteiger partial charge on any atom is 0.0132 e. The zero-order chi connectivity index (χ0) is 5.98. The van der Waals surface area contributed by atoms with E-state index >= 15 is 0 Å². The van der Waals surface area contributed by atoms with Crippen molar-refractivity contribution in [2.24, 2.45) is 0 Å². The Morgan fingerprint density at radius 2 is 1.67 bits per heavy atom. The molecule has 0 radical (unpaired) electrons. The zero-order valence-corrected chi connectivity index (χ0v) is 7.52. The number of hydrogen-bond donors (Lipinski definition) is 1. The summed E-state index contributed by atoms with van der Waals surface area (Å²) in [4.78, 5) is 0. The predicted octanol–water partition coefficient (Wildman–Crippen LogP) is 1.52. The Morgan fingerprint density at radius 1 is 1.22 bits per heavy atom. The number of rotatable bonds is 0. The van der Waals surface area contributed by atoms with Gasteiger partial charge >= 0.3 is 0 Å². The predicted molar refractivity (Wildman–Crippen MR) is 46.6 cm³/mol. The molecule has 1 aliphatic heterocycles. The zero-order valence-electron chi connectivity index (χ0n) is 5.89. The van der Waals surface area contributed by atoms with Gasteiger partial charge in [0.25, 0.3) is 0 Å². The molecule has 0 saturated carbocycles. The van der Waals surface area contributed by atoms with E-state index in [9.17, 15) is 0 Å². The highest BCUT2D eigenvalue weighted by molar-refractivity contribution is 7.99. The van der Waals surface area contributed by atoms with Gasteiger partial charge in [0, 0.05) is 23.6 Å². The maximum atomic E-state index is 3.46. The number of hydrogen-bond acceptors (Lipinski definition) is 2. The van der Waals surface area contributed by atoms with Crippen molar-refractivity contribution in [2.45, 2.75) is 25.9 Å². The lowest BCUT2D eigenvalue weighted by molar-refractivity contribution is 0.514. The van der Waals surface area contributed by atoms with Crippen molar-refractivity contribution in [1.82, 2.24) is 5.32 Å². The van der Waals surface area contributed by atoms with Crippen molar-refractivity contribution in [3.8, 4) is 0 Å². The molecule has 9 heavy (non-hydrogen) atoms. The van der Waals surface area contributed by atoms with E-state index in [-0.39, 0.29) is 12.4 Å². The first kappa shape index (κ1) is 9.60. The summed E-state index contributed by atoms with van der Waals surface area (Å²) in [5.41, 5.74) is 0. The summed E-state index contributed by atoms with van der Waals surface area (Å²) in [6.07, 6.45) is 0. The normalized spacial score (nSPS) is 35.3. The Balaban J connectivity index is 0.000000640. The van der Waals surface area contributed by atoms with Crippen molar-refractivity contribution in [2.75, 3.05) is 11.5 Å². The minimum Gasteiger partial charge on any atom is -0.310 e. The van der Waals surface area contributed by atoms with Crippen LogP contribution in [0.3, 0.4) is 0 Å². The van der Waals surface area contributed by atoms with Gasteiger partial charge in [-0.25, -0.2) is 0 Å². The maximum absolute atomic E-state index is 3.46. The van der Waals surface area contributed by atoms with Crippen molar-refractivity contribution >= 4 is 24.2 Å². The first-order valence-electron chi connectivity index (χ1n) is 3.13. The lowest BCUT2D eigenvalue weighted by atomic mass is 10.3. The van der Waals surface area contributed by atoms with Crippen molar-refractivity contribution in [1.29, 1.82) is 0 Å². The summed E-state index contributed by atoms with van der Waals surface area (Å²) in [5, 5.41) is 3.46. The molecule has 0 aromatic heterocycles. The van der Waals surface area contributed by atoms with Crippen LogP contribution >= 0.6 is 24.2 Å². The van der Waals surface area contributed by atoms with E-state index in [4.69, 9.17) is 0 Å². The summed E-state index contributed by atoms with van der Waals surface area (Å²) in [6.45, 7) is 4.48. The van der Waals surface area contributed by atoms with E-state index in [2.05, 4.69) is 19.2 Å². The van der Waals surface area contributed by atoms with Gasteiger partial charge in [-0.3, -0.25) is 0 Å². The van der Waals surface area contributed by atoms with Crippen LogP contribution in [0.5, 0.6) is 0 Å². The molecule has 0 amide bonds. The molecular formula is C6H14ClNS. The lowest BCUT2D eigenvalue weighted by Crippen LogP contribution is -2.41. The molecule has 1 N–H and O–H groups in total. The van der Waals surface area contributed by atoms with Gasteiger partial charge in [0.05, 0.1) is 0 Å². The highest BCUT2D eigenvalue weighted by Gasteiger charge is 2.12. The fourth-order valence-corrected chi connectivity index (χ4v) is 2.04. The quantitative estimate of drug-likeness (QED) is 0.588. The third kappa shape index (κ3) is 3.33. The Hall–Kier alpha value is 0.600. The number of halogens is 1. The van der Waals surface area contributed by atoms with E-state index in [1.165, 1.54) is 11.5 Å². The van der Waals surface area contributed by atoms with Crippen molar-refractivity contribution in [3.63, 3.8) is 0 Å². The van der Waals surface area contributed by atoms with Gasteiger partial charge in [0.2, 0.25) is 0 Å². The second kappa shape index (κ2) is 4.42. The molecule has 2 atom stereocenters. The van der Waals surface area contributed by atoms with Crippen molar-refractivity contribution in [3.05, 3.63) is 0 Å². The van der Waals surface area contributed by atoms with Gasteiger partial charge in [-0.2, -0.15) is 11.8 Å². The van der Waals surface area contributed by atoms with Crippen LogP contribution < -0.4 is 5.32 Å². The molecule has 1 heterocycles. The lowest BCUT2D eigenvalue weighted by Gasteiger charge is -2.24. The smallest absolute Gasteiger partial charge is 0.0132 e. The largest absolute Gasteiger partial charge is 0.310 e. The number of thioether (sulfide) groups is 1. The van der Waals surface area contributed by atoms with Gasteiger partial charge in [-0.15, -0.1) is 12.4 Å². The fourth-order valence-electron chi connectivity index (χ4n) is 1.00. The molecule has 1 nitrogen and oxygen atoms in total. The van der Waals surface area contributed by atoms with E-state index in [1.54, 1.807) is 0 Å². The minimum atomic E-state index is 0. The highest BCUT2D eigenvalue weighted by Crippen LogP contribution is 2.10. The Kier molecular flexibility index (Phi) is 4.72. The fraction of sp³-hybridized carbons (Fsp3) is 1.00. The monoisotopic (exact) mass is 167 g/mol. The van der Waals surface area contributed by atoms with Crippen LogP contribution in [-0.4, -0.2) is 23.6 Å². The van der Waals surface area contributed by atoms with Gasteiger partial charge in [-0.1, -0.05) is 0 Å². The summed E-state index contributed by atoms with van der Waals surface area (Å²) < 4.78 is 0. The average molecular weight is 168 g/mol. The minimum absolute atomic E-state index is 0. The van der Waals surface area contributed by atoms with Crippen LogP contribution in [0.1, 0.15) is 13.8 Å². The molecule has 3 heteroatoms. The summed E-state index contributed by atoms with van der Waals surface area (Å²) in [6, 6.07) is 1.45. The molecule has 0 aliphatic carbocycles. The van der Waals surface area contributed by atoms with Gasteiger partial charge in [-0.05, 0) is 13.8 Å². The molecule has 0 spiro atoms. The average Bonchev–Trinajstić information content (AvgIpc) is 1.64. The number of nitrogens with one attached hydrogen (secondary N) is 1. The van der Waals surface area contributed by atoms with E-state index in [0.717, 1.165) is 12.1 Å². The first-order chi connectivity index (χ1) is 3.79. The summed E-state index contributed by atoms with van der Waals surface area (Å²) in [7, 11) is 0. The molecular weight excluding hydrogens is 154 g/mol. The third-order valence-electron chi connectivity index (χ3n) is 1.30. The summed E-state index contributed by atoms with van der Waals surface area (Å²) >= 11 is 2.05. The van der Waals surface area contributed by atoms with E-state index in [0.29, 0.717) is 0 Å². The van der Waals surface area contributed by atoms with Gasteiger partial charge < -0.3 is 5.32 Å². The van der Waals surface area contributed by atoms with Crippen LogP contribution in [0, 0.1) is 0 Å². The van der Waals surface area contributed by atoms with Crippen LogP contribution in [-0.2, 0) is 0 Å². The van der Waals surface area contributed by atoms with E-state index < -0.39 is 0 Å². The molecule has 0 unspecified atom stereocenters. The van der Waals surface area contributed by atoms with Gasteiger partial charge in [0.1, 0.15) is 0 Å². The highest BCUT2D eigenvalue weighted by atomic mass is 35.5. The second-order valence-corrected chi connectivity index (χ2v) is 3.58. The second-order valence-electron chi connectivity index (χ2n) is 2.51. The van der Waals surface area contributed by atoms with E-state index in [1.807, 2.05) is 11.8 Å². The summed E-state index contributed by atoms with van der Waals surface area (Å²) in [5.74, 6) is 2.56. The van der Waals surface area contributed by atoms with Gasteiger partial charge in [0.15, 0.2) is 0 Å². The molecule has 56 valence electrons. The molecule has 0 aromatic rings. The van der Waals surface area contributed by atoms with Crippen molar-refractivity contribution < 1.29 is 0 Å². The SMILES string of the molecule is C[C@@H]1CSC[C@@H](C)N1.Cl.